The van der Waals surface area contributed by atoms with Crippen molar-refractivity contribution in [2.75, 3.05) is 5.32 Å². The lowest BCUT2D eigenvalue weighted by Gasteiger charge is -2.12. The highest BCUT2D eigenvalue weighted by Crippen LogP contribution is 2.18. The van der Waals surface area contributed by atoms with Gasteiger partial charge in [-0.1, -0.05) is 32.9 Å². The van der Waals surface area contributed by atoms with Crippen LogP contribution in [0.1, 0.15) is 42.8 Å². The third-order valence-corrected chi connectivity index (χ3v) is 2.77. The van der Waals surface area contributed by atoms with E-state index >= 15 is 0 Å². The average Bonchev–Trinajstić information content (AvgIpc) is 2.88. The molecule has 1 heterocycles. The van der Waals surface area contributed by atoms with E-state index in [-0.39, 0.29) is 23.8 Å². The van der Waals surface area contributed by atoms with Crippen LogP contribution < -0.4 is 5.32 Å². The summed E-state index contributed by atoms with van der Waals surface area (Å²) >= 11 is 0. The summed E-state index contributed by atoms with van der Waals surface area (Å²) in [6.45, 7) is 5.89. The number of rotatable bonds is 3. The van der Waals surface area contributed by atoms with Gasteiger partial charge in [-0.2, -0.15) is 0 Å². The van der Waals surface area contributed by atoms with Gasteiger partial charge in [0.2, 0.25) is 5.82 Å². The monoisotopic (exact) mass is 274 g/mol. The zero-order chi connectivity index (χ0) is 14.8. The van der Waals surface area contributed by atoms with Gasteiger partial charge >= 0.3 is 0 Å². The van der Waals surface area contributed by atoms with Crippen LogP contribution in [0.4, 0.5) is 5.69 Å². The number of aliphatic hydroxyl groups is 1. The quantitative estimate of drug-likeness (QED) is 0.796. The van der Waals surface area contributed by atoms with Gasteiger partial charge in [-0.3, -0.25) is 9.89 Å². The van der Waals surface area contributed by atoms with Crippen LogP contribution in [0, 0.1) is 0 Å². The van der Waals surface area contributed by atoms with Gasteiger partial charge in [-0.05, 0) is 17.7 Å². The largest absolute Gasteiger partial charge is 0.392 e. The van der Waals surface area contributed by atoms with Gasteiger partial charge in [-0.25, -0.2) is 4.98 Å². The van der Waals surface area contributed by atoms with Crippen molar-refractivity contribution in [2.45, 2.75) is 32.8 Å². The molecule has 0 aliphatic heterocycles. The van der Waals surface area contributed by atoms with Gasteiger partial charge in [-0.15, -0.1) is 5.10 Å². The van der Waals surface area contributed by atoms with Gasteiger partial charge in [0, 0.05) is 11.1 Å². The molecule has 1 aromatic heterocycles. The number of aliphatic hydroxyl groups excluding tert-OH is 1. The second-order valence-corrected chi connectivity index (χ2v) is 5.57. The van der Waals surface area contributed by atoms with Gasteiger partial charge < -0.3 is 10.4 Å². The Kier molecular flexibility index (Phi) is 3.85. The van der Waals surface area contributed by atoms with Crippen LogP contribution in [-0.4, -0.2) is 26.2 Å². The van der Waals surface area contributed by atoms with Gasteiger partial charge in [0.15, 0.2) is 0 Å². The number of amides is 1. The molecular weight excluding hydrogens is 256 g/mol. The van der Waals surface area contributed by atoms with Crippen LogP contribution in [-0.2, 0) is 12.0 Å². The molecule has 1 aromatic carbocycles. The number of aromatic nitrogens is 3. The standard InChI is InChI=1S/C14H18N4O2/c1-14(2,3)13-16-11(17-18-13)12(20)15-10-6-4-5-9(7-10)8-19/h4-7,19H,8H2,1-3H3,(H,15,20)(H,16,17,18). The molecule has 6 heteroatoms. The van der Waals surface area contributed by atoms with Gasteiger partial charge in [0.1, 0.15) is 5.82 Å². The molecule has 0 unspecified atom stereocenters. The Bertz CT molecular complexity index is 614. The summed E-state index contributed by atoms with van der Waals surface area (Å²) in [4.78, 5) is 16.2. The molecule has 1 amide bonds. The highest BCUT2D eigenvalue weighted by Gasteiger charge is 2.21. The fourth-order valence-electron chi connectivity index (χ4n) is 1.63. The zero-order valence-electron chi connectivity index (χ0n) is 11.8. The van der Waals surface area contributed by atoms with Crippen molar-refractivity contribution in [3.8, 4) is 0 Å². The Hall–Kier alpha value is -2.21. The van der Waals surface area contributed by atoms with Gasteiger partial charge in [0.05, 0.1) is 6.61 Å². The number of nitrogens with one attached hydrogen (secondary N) is 2. The zero-order valence-corrected chi connectivity index (χ0v) is 11.8. The number of carbonyl (C=O) groups is 1. The molecule has 0 radical (unpaired) electrons. The number of carbonyl (C=O) groups excluding carboxylic acids is 1. The molecule has 20 heavy (non-hydrogen) atoms. The Labute approximate surface area is 117 Å². The van der Waals surface area contributed by atoms with E-state index in [4.69, 9.17) is 5.11 Å². The molecule has 3 N–H and O–H groups in total. The van der Waals surface area contributed by atoms with Crippen molar-refractivity contribution in [1.29, 1.82) is 0 Å². The average molecular weight is 274 g/mol. The van der Waals surface area contributed by atoms with E-state index in [2.05, 4.69) is 20.5 Å². The summed E-state index contributed by atoms with van der Waals surface area (Å²) in [7, 11) is 0. The lowest BCUT2D eigenvalue weighted by molar-refractivity contribution is 0.101. The fraction of sp³-hybridized carbons (Fsp3) is 0.357. The number of H-pyrrole nitrogens is 1. The predicted octanol–water partition coefficient (Wildman–Crippen LogP) is 1.85. The van der Waals surface area contributed by atoms with E-state index in [9.17, 15) is 4.79 Å². The van der Waals surface area contributed by atoms with E-state index in [1.54, 1.807) is 24.3 Å². The second kappa shape index (κ2) is 5.42. The molecule has 2 rings (SSSR count). The van der Waals surface area contributed by atoms with Crippen molar-refractivity contribution in [2.24, 2.45) is 0 Å². The topological polar surface area (TPSA) is 90.9 Å². The van der Waals surface area contributed by atoms with Crippen LogP contribution >= 0.6 is 0 Å². The summed E-state index contributed by atoms with van der Waals surface area (Å²) < 4.78 is 0. The maximum absolute atomic E-state index is 12.0. The minimum Gasteiger partial charge on any atom is -0.392 e. The van der Waals surface area contributed by atoms with Crippen LogP contribution in [0.3, 0.4) is 0 Å². The molecule has 0 bridgehead atoms. The molecule has 0 aliphatic carbocycles. The molecule has 6 nitrogen and oxygen atoms in total. The summed E-state index contributed by atoms with van der Waals surface area (Å²) in [5.74, 6) is 0.378. The molecular formula is C14H18N4O2. The number of benzene rings is 1. The Morgan fingerprint density at radius 3 is 2.75 bits per heavy atom. The summed E-state index contributed by atoms with van der Waals surface area (Å²) in [6.07, 6.45) is 0. The highest BCUT2D eigenvalue weighted by molar-refractivity contribution is 6.01. The third-order valence-electron chi connectivity index (χ3n) is 2.77. The fourth-order valence-corrected chi connectivity index (χ4v) is 1.63. The first-order valence-electron chi connectivity index (χ1n) is 6.34. The van der Waals surface area contributed by atoms with Crippen molar-refractivity contribution in [3.05, 3.63) is 41.5 Å². The number of hydrogen-bond acceptors (Lipinski definition) is 4. The SMILES string of the molecule is CC(C)(C)c1nc(C(=O)Nc2cccc(CO)c2)n[nH]1. The minimum atomic E-state index is -0.383. The Balaban J connectivity index is 2.13. The second-order valence-electron chi connectivity index (χ2n) is 5.57. The number of anilines is 1. The predicted molar refractivity (Wildman–Crippen MR) is 75.4 cm³/mol. The first kappa shape index (κ1) is 14.2. The molecule has 0 spiro atoms. The third kappa shape index (κ3) is 3.21. The molecule has 0 saturated heterocycles. The van der Waals surface area contributed by atoms with Gasteiger partial charge in [0.25, 0.3) is 5.91 Å². The van der Waals surface area contributed by atoms with Crippen LogP contribution in [0.25, 0.3) is 0 Å². The maximum atomic E-state index is 12.0. The van der Waals surface area contributed by atoms with E-state index in [0.29, 0.717) is 11.5 Å². The number of nitrogens with zero attached hydrogens (tertiary/aromatic N) is 2. The first-order valence-corrected chi connectivity index (χ1v) is 6.34. The molecule has 106 valence electrons. The molecule has 0 fully saturated rings. The van der Waals surface area contributed by atoms with Crippen molar-refractivity contribution in [1.82, 2.24) is 15.2 Å². The van der Waals surface area contributed by atoms with E-state index in [1.807, 2.05) is 20.8 Å². The van der Waals surface area contributed by atoms with Crippen LogP contribution in [0.5, 0.6) is 0 Å². The highest BCUT2D eigenvalue weighted by atomic mass is 16.3. The minimum absolute atomic E-state index is 0.0709. The normalized spacial score (nSPS) is 11.4. The van der Waals surface area contributed by atoms with E-state index in [0.717, 1.165) is 5.56 Å². The van der Waals surface area contributed by atoms with E-state index in [1.165, 1.54) is 0 Å². The van der Waals surface area contributed by atoms with E-state index < -0.39 is 0 Å². The smallest absolute Gasteiger partial charge is 0.295 e. The van der Waals surface area contributed by atoms with Crippen molar-refractivity contribution in [3.63, 3.8) is 0 Å². The summed E-state index contributed by atoms with van der Waals surface area (Å²) in [6, 6.07) is 6.99. The Morgan fingerprint density at radius 1 is 1.40 bits per heavy atom. The Morgan fingerprint density at radius 2 is 2.15 bits per heavy atom. The van der Waals surface area contributed by atoms with Crippen molar-refractivity contribution < 1.29 is 9.90 Å². The summed E-state index contributed by atoms with van der Waals surface area (Å²) in [5.41, 5.74) is 1.14. The molecule has 2 aromatic rings. The number of aromatic amines is 1. The van der Waals surface area contributed by atoms with Crippen LogP contribution in [0.2, 0.25) is 0 Å². The maximum Gasteiger partial charge on any atom is 0.295 e. The lowest BCUT2D eigenvalue weighted by atomic mass is 9.96. The first-order chi connectivity index (χ1) is 9.40. The van der Waals surface area contributed by atoms with Crippen molar-refractivity contribution >= 4 is 11.6 Å². The van der Waals surface area contributed by atoms with Crippen LogP contribution in [0.15, 0.2) is 24.3 Å². The molecule has 0 atom stereocenters. The summed E-state index contributed by atoms with van der Waals surface area (Å²) in [5, 5.41) is 18.5. The molecule has 0 saturated carbocycles. The lowest BCUT2D eigenvalue weighted by Crippen LogP contribution is -2.16. The molecule has 0 aliphatic rings. The number of hydrogen-bond donors (Lipinski definition) is 3.